The first-order chi connectivity index (χ1) is 7.20. The molecule has 0 aromatic heterocycles. The molecule has 1 saturated heterocycles. The average molecular weight is 247 g/mol. The minimum atomic E-state index is -0.709. The predicted octanol–water partition coefficient (Wildman–Crippen LogP) is -1.67. The zero-order chi connectivity index (χ0) is 10.8. The van der Waals surface area contributed by atoms with E-state index >= 15 is 0 Å². The Hall–Kier alpha value is -0.0736. The zero-order valence-corrected chi connectivity index (χ0v) is 12.6. The molecule has 0 amide bonds. The van der Waals surface area contributed by atoms with Gasteiger partial charge in [0, 0.05) is 18.8 Å². The molecule has 2 rings (SSSR count). The van der Waals surface area contributed by atoms with Gasteiger partial charge >= 0.3 is 57.4 Å². The number of methoxy groups -OCH3 is 1. The Kier molecular flexibility index (Phi) is 5.26. The molecule has 82 valence electrons. The maximum Gasteiger partial charge on any atom is 1.00 e. The van der Waals surface area contributed by atoms with Crippen molar-refractivity contribution in [3.8, 4) is 5.75 Å². The standard InChI is InChI=1S/C11H13NO3.K.H/c1-15-10-4-2-9(3-5-10)12-6-8(7-12)11(13)14;;/h2-5,8H,6-7H2,1H3,(H,13,14);;/q;+1;-1. The molecule has 0 bridgehead atoms. The van der Waals surface area contributed by atoms with Gasteiger partial charge in [-0.2, -0.15) is 0 Å². The molecular formula is C11H14KNO3. The fourth-order valence-electron chi connectivity index (χ4n) is 1.64. The summed E-state index contributed by atoms with van der Waals surface area (Å²) in [6, 6.07) is 7.64. The van der Waals surface area contributed by atoms with Crippen LogP contribution in [0.4, 0.5) is 5.69 Å². The van der Waals surface area contributed by atoms with Gasteiger partial charge in [0.25, 0.3) is 0 Å². The van der Waals surface area contributed by atoms with Crippen LogP contribution in [0.5, 0.6) is 5.75 Å². The van der Waals surface area contributed by atoms with E-state index in [0.29, 0.717) is 13.1 Å². The van der Waals surface area contributed by atoms with Crippen LogP contribution in [0, 0.1) is 5.92 Å². The number of benzene rings is 1. The summed E-state index contributed by atoms with van der Waals surface area (Å²) in [6.07, 6.45) is 0. The number of anilines is 1. The van der Waals surface area contributed by atoms with Gasteiger partial charge in [0.2, 0.25) is 0 Å². The van der Waals surface area contributed by atoms with Crippen molar-refractivity contribution >= 4 is 11.7 Å². The Balaban J connectivity index is 0.00000128. The first-order valence-electron chi connectivity index (χ1n) is 4.82. The first kappa shape index (κ1) is 14.0. The SMILES string of the molecule is COc1ccc(N2CC(C(=O)O)C2)cc1.[H-].[K+]. The number of ether oxygens (including phenoxy) is 1. The molecule has 1 aliphatic rings. The van der Waals surface area contributed by atoms with Crippen LogP contribution in [0.2, 0.25) is 0 Å². The minimum absolute atomic E-state index is 0. The molecule has 0 aliphatic carbocycles. The maximum atomic E-state index is 10.6. The molecule has 1 aromatic rings. The Morgan fingerprint density at radius 1 is 1.44 bits per heavy atom. The normalized spacial score (nSPS) is 14.9. The summed E-state index contributed by atoms with van der Waals surface area (Å²) >= 11 is 0. The van der Waals surface area contributed by atoms with Crippen LogP contribution in [-0.4, -0.2) is 31.3 Å². The minimum Gasteiger partial charge on any atom is -1.00 e. The van der Waals surface area contributed by atoms with Gasteiger partial charge in [-0.15, -0.1) is 0 Å². The summed E-state index contributed by atoms with van der Waals surface area (Å²) in [5.74, 6) is -0.110. The number of hydrogen-bond acceptors (Lipinski definition) is 3. The van der Waals surface area contributed by atoms with E-state index in [1.54, 1.807) is 7.11 Å². The number of hydrogen-bond donors (Lipinski definition) is 1. The molecule has 0 unspecified atom stereocenters. The molecule has 0 atom stereocenters. The van der Waals surface area contributed by atoms with E-state index in [-0.39, 0.29) is 58.7 Å². The molecule has 4 nitrogen and oxygen atoms in total. The summed E-state index contributed by atoms with van der Waals surface area (Å²) in [5.41, 5.74) is 1.05. The fourth-order valence-corrected chi connectivity index (χ4v) is 1.64. The molecule has 0 saturated carbocycles. The van der Waals surface area contributed by atoms with Crippen LogP contribution in [0.1, 0.15) is 1.43 Å². The van der Waals surface area contributed by atoms with E-state index in [1.807, 2.05) is 29.2 Å². The van der Waals surface area contributed by atoms with Gasteiger partial charge in [0.05, 0.1) is 13.0 Å². The van der Waals surface area contributed by atoms with E-state index in [0.717, 1.165) is 11.4 Å². The third kappa shape index (κ3) is 2.98. The second kappa shape index (κ2) is 6.02. The van der Waals surface area contributed by atoms with Gasteiger partial charge in [-0.05, 0) is 24.3 Å². The molecule has 1 aliphatic heterocycles. The Morgan fingerprint density at radius 3 is 2.44 bits per heavy atom. The number of aliphatic carboxylic acids is 1. The van der Waals surface area contributed by atoms with Crippen LogP contribution >= 0.6 is 0 Å². The maximum absolute atomic E-state index is 10.6. The van der Waals surface area contributed by atoms with Crippen molar-refractivity contribution in [2.45, 2.75) is 0 Å². The van der Waals surface area contributed by atoms with Gasteiger partial charge in [0.15, 0.2) is 0 Å². The molecule has 0 spiro atoms. The van der Waals surface area contributed by atoms with Gasteiger partial charge in [-0.1, -0.05) is 0 Å². The molecular weight excluding hydrogens is 233 g/mol. The van der Waals surface area contributed by atoms with Crippen LogP contribution < -0.4 is 61.0 Å². The molecule has 1 N–H and O–H groups in total. The second-order valence-electron chi connectivity index (χ2n) is 3.64. The van der Waals surface area contributed by atoms with Gasteiger partial charge < -0.3 is 16.2 Å². The van der Waals surface area contributed by atoms with Crippen molar-refractivity contribution in [3.05, 3.63) is 24.3 Å². The first-order valence-corrected chi connectivity index (χ1v) is 4.82. The Morgan fingerprint density at radius 2 is 2.00 bits per heavy atom. The molecule has 16 heavy (non-hydrogen) atoms. The van der Waals surface area contributed by atoms with Gasteiger partial charge in [-0.25, -0.2) is 0 Å². The van der Waals surface area contributed by atoms with Crippen molar-refractivity contribution in [2.75, 3.05) is 25.1 Å². The fraction of sp³-hybridized carbons (Fsp3) is 0.364. The summed E-state index contributed by atoms with van der Waals surface area (Å²) < 4.78 is 5.05. The van der Waals surface area contributed by atoms with E-state index in [9.17, 15) is 4.79 Å². The number of nitrogens with zero attached hydrogens (tertiary/aromatic N) is 1. The molecule has 1 heterocycles. The molecule has 0 radical (unpaired) electrons. The second-order valence-corrected chi connectivity index (χ2v) is 3.64. The van der Waals surface area contributed by atoms with Crippen molar-refractivity contribution in [1.82, 2.24) is 0 Å². The average Bonchev–Trinajstić information content (AvgIpc) is 2.16. The van der Waals surface area contributed by atoms with Gasteiger partial charge in [0.1, 0.15) is 5.75 Å². The third-order valence-electron chi connectivity index (χ3n) is 2.67. The van der Waals surface area contributed by atoms with Crippen molar-refractivity contribution in [1.29, 1.82) is 0 Å². The Labute approximate surface area is 138 Å². The molecule has 1 aromatic carbocycles. The number of rotatable bonds is 3. The topological polar surface area (TPSA) is 49.8 Å². The van der Waals surface area contributed by atoms with Crippen molar-refractivity contribution in [3.63, 3.8) is 0 Å². The van der Waals surface area contributed by atoms with Crippen molar-refractivity contribution in [2.24, 2.45) is 5.92 Å². The monoisotopic (exact) mass is 247 g/mol. The summed E-state index contributed by atoms with van der Waals surface area (Å²) in [5, 5.41) is 8.73. The smallest absolute Gasteiger partial charge is 1.00 e. The molecule has 5 heteroatoms. The van der Waals surface area contributed by atoms with E-state index in [1.165, 1.54) is 0 Å². The summed E-state index contributed by atoms with van der Waals surface area (Å²) in [6.45, 7) is 1.20. The van der Waals surface area contributed by atoms with Crippen LogP contribution in [0.25, 0.3) is 0 Å². The summed E-state index contributed by atoms with van der Waals surface area (Å²) in [4.78, 5) is 12.7. The van der Waals surface area contributed by atoms with Crippen molar-refractivity contribution < 1.29 is 67.4 Å². The zero-order valence-electron chi connectivity index (χ0n) is 10.5. The van der Waals surface area contributed by atoms with E-state index < -0.39 is 5.97 Å². The predicted molar refractivity (Wildman–Crippen MR) is 57.4 cm³/mol. The van der Waals surface area contributed by atoms with Gasteiger partial charge in [-0.3, -0.25) is 4.79 Å². The van der Waals surface area contributed by atoms with Crippen LogP contribution in [0.15, 0.2) is 24.3 Å². The quantitative estimate of drug-likeness (QED) is 0.649. The largest absolute Gasteiger partial charge is 1.00 e. The summed E-state index contributed by atoms with van der Waals surface area (Å²) in [7, 11) is 1.62. The van der Waals surface area contributed by atoms with Crippen LogP contribution in [-0.2, 0) is 4.79 Å². The third-order valence-corrected chi connectivity index (χ3v) is 2.67. The number of carboxylic acids is 1. The van der Waals surface area contributed by atoms with E-state index in [2.05, 4.69) is 0 Å². The van der Waals surface area contributed by atoms with E-state index in [4.69, 9.17) is 9.84 Å². The number of carbonyl (C=O) groups is 1. The molecule has 1 fully saturated rings. The number of carboxylic acid groups (broad SMARTS) is 1. The Bertz CT molecular complexity index is 365. The van der Waals surface area contributed by atoms with Crippen LogP contribution in [0.3, 0.4) is 0 Å².